The highest BCUT2D eigenvalue weighted by molar-refractivity contribution is 5.90. The molecule has 0 radical (unpaired) electrons. The van der Waals surface area contributed by atoms with Crippen LogP contribution in [-0.4, -0.2) is 36.2 Å². The standard InChI is InChI=1S/C17H21N7O2/c1-10-6-16-20-11(2)14(12(3)24(16)22-10)4-5-17(26)21-13-7-19-23(8-13)9-15(18)25/h6-8H,4-5,9H2,1-3H3,(H2,18,25)(H,21,26). The Morgan fingerprint density at radius 1 is 1.27 bits per heavy atom. The molecule has 0 saturated carbocycles. The van der Waals surface area contributed by atoms with Crippen LogP contribution in [-0.2, 0) is 22.6 Å². The summed E-state index contributed by atoms with van der Waals surface area (Å²) < 4.78 is 3.19. The molecule has 0 bridgehead atoms. The zero-order chi connectivity index (χ0) is 18.8. The third-order valence-electron chi connectivity index (χ3n) is 4.12. The molecule has 3 aromatic heterocycles. The van der Waals surface area contributed by atoms with E-state index >= 15 is 0 Å². The van der Waals surface area contributed by atoms with E-state index in [1.54, 1.807) is 6.20 Å². The van der Waals surface area contributed by atoms with Crippen molar-refractivity contribution < 1.29 is 9.59 Å². The van der Waals surface area contributed by atoms with Gasteiger partial charge in [0.25, 0.3) is 0 Å². The Bertz CT molecular complexity index is 987. The van der Waals surface area contributed by atoms with Gasteiger partial charge in [0.2, 0.25) is 11.8 Å². The Hall–Kier alpha value is -3.23. The summed E-state index contributed by atoms with van der Waals surface area (Å²) in [6.45, 7) is 5.82. The second-order valence-electron chi connectivity index (χ2n) is 6.26. The average molecular weight is 355 g/mol. The number of primary amides is 1. The number of aromatic nitrogens is 5. The lowest BCUT2D eigenvalue weighted by Gasteiger charge is -2.10. The predicted octanol–water partition coefficient (Wildman–Crippen LogP) is 0.908. The molecule has 0 atom stereocenters. The van der Waals surface area contributed by atoms with Gasteiger partial charge in [-0.2, -0.15) is 10.2 Å². The Balaban J connectivity index is 1.67. The zero-order valence-corrected chi connectivity index (χ0v) is 15.0. The number of carbonyl (C=O) groups excluding carboxylic acids is 2. The number of nitrogens with zero attached hydrogens (tertiary/aromatic N) is 5. The summed E-state index contributed by atoms with van der Waals surface area (Å²) in [5, 5.41) is 11.2. The number of fused-ring (bicyclic) bond motifs is 1. The molecule has 0 spiro atoms. The van der Waals surface area contributed by atoms with Gasteiger partial charge in [-0.3, -0.25) is 14.3 Å². The second-order valence-corrected chi connectivity index (χ2v) is 6.26. The monoisotopic (exact) mass is 355 g/mol. The summed E-state index contributed by atoms with van der Waals surface area (Å²) in [7, 11) is 0. The van der Waals surface area contributed by atoms with E-state index in [9.17, 15) is 9.59 Å². The van der Waals surface area contributed by atoms with Crippen molar-refractivity contribution in [3.8, 4) is 0 Å². The van der Waals surface area contributed by atoms with Crippen molar-refractivity contribution in [3.63, 3.8) is 0 Å². The fourth-order valence-electron chi connectivity index (χ4n) is 2.94. The van der Waals surface area contributed by atoms with Crippen LogP contribution in [0.3, 0.4) is 0 Å². The van der Waals surface area contributed by atoms with E-state index in [1.165, 1.54) is 10.9 Å². The second kappa shape index (κ2) is 6.95. The maximum absolute atomic E-state index is 12.2. The van der Waals surface area contributed by atoms with E-state index < -0.39 is 5.91 Å². The molecule has 3 aromatic rings. The van der Waals surface area contributed by atoms with Crippen molar-refractivity contribution in [1.82, 2.24) is 24.4 Å². The largest absolute Gasteiger partial charge is 0.368 e. The zero-order valence-electron chi connectivity index (χ0n) is 15.0. The molecule has 0 aliphatic rings. The molecule has 3 N–H and O–H groups in total. The number of rotatable bonds is 6. The molecule has 3 rings (SSSR count). The Kier molecular flexibility index (Phi) is 4.70. The van der Waals surface area contributed by atoms with Crippen molar-refractivity contribution in [3.05, 3.63) is 41.1 Å². The number of hydrogen-bond acceptors (Lipinski definition) is 5. The van der Waals surface area contributed by atoms with Crippen LogP contribution in [0.15, 0.2) is 18.5 Å². The molecule has 0 saturated heterocycles. The highest BCUT2D eigenvalue weighted by Crippen LogP contribution is 2.17. The summed E-state index contributed by atoms with van der Waals surface area (Å²) in [6.07, 6.45) is 3.91. The fourth-order valence-corrected chi connectivity index (χ4v) is 2.94. The Morgan fingerprint density at radius 3 is 2.77 bits per heavy atom. The van der Waals surface area contributed by atoms with E-state index in [1.807, 2.05) is 31.4 Å². The molecule has 0 fully saturated rings. The van der Waals surface area contributed by atoms with Gasteiger partial charge in [-0.05, 0) is 32.8 Å². The summed E-state index contributed by atoms with van der Waals surface area (Å²) in [5.41, 5.74) is 10.3. The van der Waals surface area contributed by atoms with Gasteiger partial charge in [0.1, 0.15) is 6.54 Å². The van der Waals surface area contributed by atoms with Crippen LogP contribution in [0.25, 0.3) is 5.65 Å². The third-order valence-corrected chi connectivity index (χ3v) is 4.12. The lowest BCUT2D eigenvalue weighted by molar-refractivity contribution is -0.118. The molecule has 26 heavy (non-hydrogen) atoms. The van der Waals surface area contributed by atoms with Crippen LogP contribution in [0.2, 0.25) is 0 Å². The van der Waals surface area contributed by atoms with E-state index in [0.29, 0.717) is 18.5 Å². The van der Waals surface area contributed by atoms with Gasteiger partial charge in [-0.1, -0.05) is 0 Å². The molecule has 0 aromatic carbocycles. The first-order valence-corrected chi connectivity index (χ1v) is 8.26. The lowest BCUT2D eigenvalue weighted by atomic mass is 10.1. The predicted molar refractivity (Wildman–Crippen MR) is 95.6 cm³/mol. The Morgan fingerprint density at radius 2 is 2.04 bits per heavy atom. The van der Waals surface area contributed by atoms with Crippen LogP contribution >= 0.6 is 0 Å². The SMILES string of the molecule is Cc1cc2nc(C)c(CCC(=O)Nc3cnn(CC(N)=O)c3)c(C)n2n1. The first-order valence-electron chi connectivity index (χ1n) is 8.26. The molecule has 0 unspecified atom stereocenters. The summed E-state index contributed by atoms with van der Waals surface area (Å²) in [6, 6.07) is 1.93. The van der Waals surface area contributed by atoms with Crippen molar-refractivity contribution >= 4 is 23.1 Å². The summed E-state index contributed by atoms with van der Waals surface area (Å²) in [4.78, 5) is 27.7. The topological polar surface area (TPSA) is 120 Å². The highest BCUT2D eigenvalue weighted by Gasteiger charge is 2.13. The molecule has 2 amide bonds. The van der Waals surface area contributed by atoms with Crippen LogP contribution in [0, 0.1) is 20.8 Å². The van der Waals surface area contributed by atoms with Gasteiger partial charge in [-0.25, -0.2) is 9.50 Å². The number of nitrogens with two attached hydrogens (primary N) is 1. The quantitative estimate of drug-likeness (QED) is 0.681. The average Bonchev–Trinajstić information content (AvgIpc) is 3.12. The van der Waals surface area contributed by atoms with Gasteiger partial charge < -0.3 is 11.1 Å². The summed E-state index contributed by atoms with van der Waals surface area (Å²) >= 11 is 0. The van der Waals surface area contributed by atoms with Crippen molar-refractivity contribution in [2.75, 3.05) is 5.32 Å². The van der Waals surface area contributed by atoms with E-state index in [0.717, 1.165) is 28.3 Å². The Labute approximate surface area is 150 Å². The number of carbonyl (C=O) groups is 2. The fraction of sp³-hybridized carbons (Fsp3) is 0.353. The lowest BCUT2D eigenvalue weighted by Crippen LogP contribution is -2.18. The maximum atomic E-state index is 12.2. The molecule has 9 heteroatoms. The van der Waals surface area contributed by atoms with Crippen molar-refractivity contribution in [1.29, 1.82) is 0 Å². The van der Waals surface area contributed by atoms with Crippen LogP contribution < -0.4 is 11.1 Å². The number of aryl methyl sites for hydroxylation is 3. The maximum Gasteiger partial charge on any atom is 0.239 e. The smallest absolute Gasteiger partial charge is 0.239 e. The van der Waals surface area contributed by atoms with Gasteiger partial charge in [0.15, 0.2) is 5.65 Å². The molecule has 0 aliphatic carbocycles. The van der Waals surface area contributed by atoms with Crippen LogP contribution in [0.5, 0.6) is 0 Å². The minimum absolute atomic E-state index is 0.0246. The normalized spacial score (nSPS) is 11.0. The number of hydrogen-bond donors (Lipinski definition) is 2. The first-order chi connectivity index (χ1) is 12.3. The van der Waals surface area contributed by atoms with E-state index in [4.69, 9.17) is 5.73 Å². The molecular weight excluding hydrogens is 334 g/mol. The van der Waals surface area contributed by atoms with Gasteiger partial charge >= 0.3 is 0 Å². The molecule has 0 aliphatic heterocycles. The number of anilines is 1. The number of amides is 2. The minimum atomic E-state index is -0.492. The molecule has 9 nitrogen and oxygen atoms in total. The van der Waals surface area contributed by atoms with E-state index in [-0.39, 0.29) is 12.5 Å². The third kappa shape index (κ3) is 3.71. The van der Waals surface area contributed by atoms with E-state index in [2.05, 4.69) is 20.5 Å². The molecular formula is C17H21N7O2. The van der Waals surface area contributed by atoms with Gasteiger partial charge in [0.05, 0.1) is 17.6 Å². The first kappa shape index (κ1) is 17.6. The number of nitrogens with one attached hydrogen (secondary N) is 1. The van der Waals surface area contributed by atoms with Gasteiger partial charge in [0, 0.05) is 30.1 Å². The summed E-state index contributed by atoms with van der Waals surface area (Å²) in [5.74, 6) is -0.632. The van der Waals surface area contributed by atoms with Gasteiger partial charge in [-0.15, -0.1) is 0 Å². The highest BCUT2D eigenvalue weighted by atomic mass is 16.2. The minimum Gasteiger partial charge on any atom is -0.368 e. The van der Waals surface area contributed by atoms with Crippen LogP contribution in [0.4, 0.5) is 5.69 Å². The molecule has 3 heterocycles. The van der Waals surface area contributed by atoms with Crippen molar-refractivity contribution in [2.45, 2.75) is 40.2 Å². The van der Waals surface area contributed by atoms with Crippen LogP contribution in [0.1, 0.15) is 29.1 Å². The van der Waals surface area contributed by atoms with Crippen molar-refractivity contribution in [2.24, 2.45) is 5.73 Å². The molecule has 136 valence electrons.